The van der Waals surface area contributed by atoms with E-state index >= 15 is 0 Å². The monoisotopic (exact) mass is 591 g/mol. The van der Waals surface area contributed by atoms with Crippen LogP contribution in [-0.4, -0.2) is 0 Å². The molecule has 7 aromatic carbocycles. The zero-order chi connectivity index (χ0) is 30.6. The van der Waals surface area contributed by atoms with Crippen molar-refractivity contribution in [1.82, 2.24) is 0 Å². The molecule has 0 fully saturated rings. The highest BCUT2D eigenvalue weighted by Gasteiger charge is 2.35. The van der Waals surface area contributed by atoms with Gasteiger partial charge in [0.2, 0.25) is 0 Å². The van der Waals surface area contributed by atoms with Crippen LogP contribution in [0.15, 0.2) is 148 Å². The van der Waals surface area contributed by atoms with Crippen LogP contribution in [0.25, 0.3) is 65.8 Å². The van der Waals surface area contributed by atoms with Crippen LogP contribution in [0.4, 0.5) is 17.1 Å². The van der Waals surface area contributed by atoms with Crippen LogP contribution in [0.2, 0.25) is 0 Å². The molecule has 0 saturated carbocycles. The van der Waals surface area contributed by atoms with Gasteiger partial charge in [0.05, 0.1) is 0 Å². The summed E-state index contributed by atoms with van der Waals surface area (Å²) in [6.45, 7) is 4.68. The molecule has 0 saturated heterocycles. The van der Waals surface area contributed by atoms with Crippen LogP contribution in [-0.2, 0) is 5.41 Å². The van der Waals surface area contributed by atoms with Crippen LogP contribution >= 0.6 is 0 Å². The molecule has 0 atom stereocenters. The predicted molar refractivity (Wildman–Crippen MR) is 191 cm³/mol. The van der Waals surface area contributed by atoms with E-state index in [1.54, 1.807) is 0 Å². The quantitative estimate of drug-likeness (QED) is 0.205. The summed E-state index contributed by atoms with van der Waals surface area (Å²) in [5.41, 5.74) is 12.1. The van der Waals surface area contributed by atoms with E-state index in [0.29, 0.717) is 0 Å². The first-order valence-electron chi connectivity index (χ1n) is 15.8. The van der Waals surface area contributed by atoms with Gasteiger partial charge in [0.1, 0.15) is 22.3 Å². The number of para-hydroxylation sites is 2. The Balaban J connectivity index is 1.24. The van der Waals surface area contributed by atoms with Crippen molar-refractivity contribution in [1.29, 1.82) is 0 Å². The van der Waals surface area contributed by atoms with E-state index in [4.69, 9.17) is 8.83 Å². The molecule has 0 amide bonds. The second-order valence-corrected chi connectivity index (χ2v) is 13.0. The second kappa shape index (κ2) is 9.12. The van der Waals surface area contributed by atoms with Gasteiger partial charge in [-0.15, -0.1) is 0 Å². The van der Waals surface area contributed by atoms with Gasteiger partial charge in [0, 0.05) is 44.0 Å². The number of fused-ring (bicyclic) bond motifs is 11. The van der Waals surface area contributed by atoms with Gasteiger partial charge in [-0.05, 0) is 93.7 Å². The summed E-state index contributed by atoms with van der Waals surface area (Å²) in [5, 5.41) is 6.87. The number of hydrogen-bond acceptors (Lipinski definition) is 3. The zero-order valence-corrected chi connectivity index (χ0v) is 25.5. The van der Waals surface area contributed by atoms with E-state index in [2.05, 4.69) is 134 Å². The molecule has 0 bridgehead atoms. The Hall–Kier alpha value is -5.80. The van der Waals surface area contributed by atoms with Crippen molar-refractivity contribution in [2.45, 2.75) is 19.3 Å². The van der Waals surface area contributed by atoms with E-state index in [1.165, 1.54) is 33.0 Å². The van der Waals surface area contributed by atoms with Crippen molar-refractivity contribution in [3.8, 4) is 11.1 Å². The summed E-state index contributed by atoms with van der Waals surface area (Å²) in [7, 11) is 0. The SMILES string of the molecule is CC1(C)c2ccccc2-c2ccc(N(c3ccc4oc5ccccc5c4c3)c3ccc4ccc5oc6ccccc6c5c4c3)cc21. The van der Waals surface area contributed by atoms with Crippen molar-refractivity contribution in [2.24, 2.45) is 0 Å². The number of benzene rings is 7. The largest absolute Gasteiger partial charge is 0.456 e. The molecule has 1 aliphatic rings. The van der Waals surface area contributed by atoms with Gasteiger partial charge in [0.25, 0.3) is 0 Å². The highest BCUT2D eigenvalue weighted by molar-refractivity contribution is 6.19. The Labute approximate surface area is 265 Å². The number of rotatable bonds is 3. The molecule has 1 aliphatic carbocycles. The molecule has 0 unspecified atom stereocenters. The van der Waals surface area contributed by atoms with E-state index in [-0.39, 0.29) is 5.41 Å². The maximum absolute atomic E-state index is 6.29. The predicted octanol–water partition coefficient (Wildman–Crippen LogP) is 12.4. The third-order valence-electron chi connectivity index (χ3n) is 10.0. The van der Waals surface area contributed by atoms with Crippen LogP contribution in [0, 0.1) is 0 Å². The standard InChI is InChI=1S/C43H29NO2/c1-43(2)36-12-6-3-9-30(36)31-20-18-29(25-37(31)43)44(28-19-22-40-35(24-28)32-10-4-7-13-38(32)45-40)27-17-15-26-16-21-41-42(34(26)23-27)33-11-5-8-14-39(33)46-41/h3-25H,1-2H3. The first-order valence-corrected chi connectivity index (χ1v) is 15.8. The number of anilines is 3. The molecule has 2 aromatic heterocycles. The first-order chi connectivity index (χ1) is 22.5. The van der Waals surface area contributed by atoms with Crippen molar-refractivity contribution in [3.63, 3.8) is 0 Å². The normalized spacial score (nSPS) is 13.6. The van der Waals surface area contributed by atoms with E-state index in [9.17, 15) is 0 Å². The fourth-order valence-corrected chi connectivity index (χ4v) is 7.80. The van der Waals surface area contributed by atoms with Gasteiger partial charge >= 0.3 is 0 Å². The van der Waals surface area contributed by atoms with E-state index < -0.39 is 0 Å². The van der Waals surface area contributed by atoms with Crippen molar-refractivity contribution >= 4 is 71.7 Å². The number of hydrogen-bond donors (Lipinski definition) is 0. The van der Waals surface area contributed by atoms with Crippen molar-refractivity contribution < 1.29 is 8.83 Å². The lowest BCUT2D eigenvalue weighted by molar-refractivity contribution is 0.660. The van der Waals surface area contributed by atoms with Gasteiger partial charge in [0.15, 0.2) is 0 Å². The van der Waals surface area contributed by atoms with Gasteiger partial charge in [-0.1, -0.05) is 92.7 Å². The molecule has 3 heteroatoms. The molecule has 3 nitrogen and oxygen atoms in total. The summed E-state index contributed by atoms with van der Waals surface area (Å²) in [4.78, 5) is 2.39. The van der Waals surface area contributed by atoms with Gasteiger partial charge < -0.3 is 13.7 Å². The molecule has 218 valence electrons. The maximum Gasteiger partial charge on any atom is 0.136 e. The fraction of sp³-hybridized carbons (Fsp3) is 0.0698. The van der Waals surface area contributed by atoms with E-state index in [1.807, 2.05) is 24.3 Å². The average Bonchev–Trinajstić information content (AvgIpc) is 3.73. The first kappa shape index (κ1) is 25.5. The van der Waals surface area contributed by atoms with Crippen LogP contribution in [0.5, 0.6) is 0 Å². The Morgan fingerprint density at radius 1 is 0.435 bits per heavy atom. The minimum absolute atomic E-state index is 0.108. The van der Waals surface area contributed by atoms with Crippen LogP contribution < -0.4 is 4.90 Å². The minimum Gasteiger partial charge on any atom is -0.456 e. The second-order valence-electron chi connectivity index (χ2n) is 13.0. The maximum atomic E-state index is 6.29. The zero-order valence-electron chi connectivity index (χ0n) is 25.5. The summed E-state index contributed by atoms with van der Waals surface area (Å²) in [6, 6.07) is 50.0. The van der Waals surface area contributed by atoms with Gasteiger partial charge in [-0.25, -0.2) is 0 Å². The molecular formula is C43H29NO2. The molecule has 0 radical (unpaired) electrons. The van der Waals surface area contributed by atoms with Crippen LogP contribution in [0.1, 0.15) is 25.0 Å². The lowest BCUT2D eigenvalue weighted by Crippen LogP contribution is -2.16. The molecule has 46 heavy (non-hydrogen) atoms. The fourth-order valence-electron chi connectivity index (χ4n) is 7.80. The molecule has 0 aliphatic heterocycles. The smallest absolute Gasteiger partial charge is 0.136 e. The third kappa shape index (κ3) is 3.48. The molecule has 10 rings (SSSR count). The number of furan rings is 2. The third-order valence-corrected chi connectivity index (χ3v) is 10.0. The molecular weight excluding hydrogens is 562 g/mol. The highest BCUT2D eigenvalue weighted by atomic mass is 16.3. The Morgan fingerprint density at radius 3 is 1.87 bits per heavy atom. The van der Waals surface area contributed by atoms with Crippen molar-refractivity contribution in [2.75, 3.05) is 4.90 Å². The van der Waals surface area contributed by atoms with Gasteiger partial charge in [-0.2, -0.15) is 0 Å². The van der Waals surface area contributed by atoms with Crippen molar-refractivity contribution in [3.05, 3.63) is 151 Å². The summed E-state index contributed by atoms with van der Waals surface area (Å²) >= 11 is 0. The number of nitrogens with zero attached hydrogens (tertiary/aromatic N) is 1. The minimum atomic E-state index is -0.108. The lowest BCUT2D eigenvalue weighted by atomic mass is 9.82. The average molecular weight is 592 g/mol. The summed E-state index contributed by atoms with van der Waals surface area (Å²) < 4.78 is 12.5. The van der Waals surface area contributed by atoms with Crippen LogP contribution in [0.3, 0.4) is 0 Å². The Morgan fingerprint density at radius 2 is 1.00 bits per heavy atom. The molecule has 2 heterocycles. The van der Waals surface area contributed by atoms with Gasteiger partial charge in [-0.3, -0.25) is 0 Å². The van der Waals surface area contributed by atoms with E-state index in [0.717, 1.165) is 60.9 Å². The molecule has 9 aromatic rings. The molecule has 0 N–H and O–H groups in total. The highest BCUT2D eigenvalue weighted by Crippen LogP contribution is 2.51. The Bertz CT molecular complexity index is 2690. The topological polar surface area (TPSA) is 29.5 Å². The summed E-state index contributed by atoms with van der Waals surface area (Å²) in [5.74, 6) is 0. The Kier molecular flexibility index (Phi) is 5.06. The summed E-state index contributed by atoms with van der Waals surface area (Å²) in [6.07, 6.45) is 0. The molecule has 0 spiro atoms. The lowest BCUT2D eigenvalue weighted by Gasteiger charge is -2.28.